The molecule has 0 bridgehead atoms. The van der Waals surface area contributed by atoms with E-state index in [0.29, 0.717) is 0 Å². The van der Waals surface area contributed by atoms with Crippen molar-refractivity contribution in [3.63, 3.8) is 0 Å². The summed E-state index contributed by atoms with van der Waals surface area (Å²) in [6.45, 7) is -2.31. The number of aliphatic hydroxyl groups excluding tert-OH is 15. The lowest BCUT2D eigenvalue weighted by Gasteiger charge is -2.50. The maximum Gasteiger partial charge on any atom is 0.217 e. The Balaban J connectivity index is 1.44. The van der Waals surface area contributed by atoms with Gasteiger partial charge in [-0.1, -0.05) is 0 Å². The van der Waals surface area contributed by atoms with Gasteiger partial charge in [-0.3, -0.25) is 9.59 Å². The van der Waals surface area contributed by atoms with Crippen LogP contribution in [0.4, 0.5) is 0 Å². The number of aliphatic hydroxyl groups is 15. The van der Waals surface area contributed by atoms with E-state index < -0.39 is 198 Å². The summed E-state index contributed by atoms with van der Waals surface area (Å²) in [6, 6.07) is -3.25. The van der Waals surface area contributed by atoms with Crippen LogP contribution in [0, 0.1) is 0 Å². The van der Waals surface area contributed by atoms with Crippen molar-refractivity contribution < 1.29 is 129 Å². The quantitative estimate of drug-likeness (QED) is 0.0725. The topological polar surface area (TPSA) is 445 Å². The fraction of sp³-hybridized carbons (Fsp3) is 0.941. The van der Waals surface area contributed by atoms with E-state index in [4.69, 9.17) is 42.6 Å². The first-order valence-electron chi connectivity index (χ1n) is 19.6. The molecule has 5 aliphatic rings. The van der Waals surface area contributed by atoms with Crippen LogP contribution in [0.3, 0.4) is 0 Å². The molecule has 28 heteroatoms. The van der Waals surface area contributed by atoms with Crippen LogP contribution in [-0.4, -0.2) is 275 Å². The predicted octanol–water partition coefficient (Wildman–Crippen LogP) is -11.6. The Bertz CT molecular complexity index is 1440. The zero-order valence-electron chi connectivity index (χ0n) is 33.2. The third-order valence-electron chi connectivity index (χ3n) is 11.1. The zero-order valence-corrected chi connectivity index (χ0v) is 33.2. The number of rotatable bonds is 15. The second-order valence-corrected chi connectivity index (χ2v) is 15.5. The molecule has 0 unspecified atom stereocenters. The molecule has 2 amide bonds. The maximum atomic E-state index is 12.5. The molecule has 0 radical (unpaired) electrons. The summed E-state index contributed by atoms with van der Waals surface area (Å²) in [5.41, 5.74) is 0. The first-order valence-corrected chi connectivity index (χ1v) is 19.6. The highest BCUT2D eigenvalue weighted by Crippen LogP contribution is 2.35. The normalized spacial score (nSPS) is 49.0. The molecule has 25 atom stereocenters. The third kappa shape index (κ3) is 11.0. The van der Waals surface area contributed by atoms with Crippen molar-refractivity contribution >= 4 is 11.8 Å². The van der Waals surface area contributed by atoms with Gasteiger partial charge in [-0.15, -0.1) is 0 Å². The molecule has 28 nitrogen and oxygen atoms in total. The molecular formula is C34H58N2O26. The lowest BCUT2D eigenvalue weighted by molar-refractivity contribution is -0.390. The summed E-state index contributed by atoms with van der Waals surface area (Å²) >= 11 is 0. The second kappa shape index (κ2) is 22.0. The summed E-state index contributed by atoms with van der Waals surface area (Å²) < 4.78 is 51.0. The molecule has 0 spiro atoms. The molecule has 0 saturated carbocycles. The Morgan fingerprint density at radius 2 is 0.855 bits per heavy atom. The van der Waals surface area contributed by atoms with Gasteiger partial charge < -0.3 is 130 Å². The molecule has 360 valence electrons. The largest absolute Gasteiger partial charge is 0.394 e. The maximum absolute atomic E-state index is 12.5. The highest BCUT2D eigenvalue weighted by atomic mass is 16.8. The first-order chi connectivity index (χ1) is 29.3. The van der Waals surface area contributed by atoms with E-state index in [1.54, 1.807) is 0 Å². The van der Waals surface area contributed by atoms with Crippen molar-refractivity contribution in [2.24, 2.45) is 0 Å². The van der Waals surface area contributed by atoms with E-state index in [1.807, 2.05) is 0 Å². The minimum Gasteiger partial charge on any atom is -0.394 e. The molecule has 5 rings (SSSR count). The summed E-state index contributed by atoms with van der Waals surface area (Å²) in [5, 5.41) is 163. The van der Waals surface area contributed by atoms with E-state index >= 15 is 0 Å². The minimum absolute atomic E-state index is 0.720. The summed E-state index contributed by atoms with van der Waals surface area (Å²) in [5.74, 6) is -1.53. The van der Waals surface area contributed by atoms with E-state index in [0.717, 1.165) is 13.8 Å². The average molecular weight is 911 g/mol. The van der Waals surface area contributed by atoms with Gasteiger partial charge in [0.2, 0.25) is 11.8 Å². The van der Waals surface area contributed by atoms with Gasteiger partial charge in [-0.2, -0.15) is 0 Å². The van der Waals surface area contributed by atoms with Crippen molar-refractivity contribution in [1.29, 1.82) is 0 Å². The van der Waals surface area contributed by atoms with Crippen molar-refractivity contribution in [3.05, 3.63) is 0 Å². The molecule has 62 heavy (non-hydrogen) atoms. The Kier molecular flexibility index (Phi) is 18.1. The highest BCUT2D eigenvalue weighted by molar-refractivity contribution is 5.73. The van der Waals surface area contributed by atoms with Crippen molar-refractivity contribution in [2.45, 2.75) is 167 Å². The summed E-state index contributed by atoms with van der Waals surface area (Å²) in [6.07, 6.45) is -42.5. The van der Waals surface area contributed by atoms with Crippen molar-refractivity contribution in [3.8, 4) is 0 Å². The van der Waals surface area contributed by atoms with Gasteiger partial charge >= 0.3 is 0 Å². The predicted molar refractivity (Wildman–Crippen MR) is 190 cm³/mol. The first kappa shape index (κ1) is 51.0. The Hall–Kier alpha value is -2.02. The number of ether oxygens (including phenoxy) is 9. The molecule has 0 aromatic rings. The van der Waals surface area contributed by atoms with Crippen LogP contribution in [0.5, 0.6) is 0 Å². The lowest BCUT2D eigenvalue weighted by Crippen LogP contribution is -2.71. The fourth-order valence-corrected chi connectivity index (χ4v) is 7.71. The van der Waals surface area contributed by atoms with Gasteiger partial charge in [0.1, 0.15) is 122 Å². The van der Waals surface area contributed by atoms with Crippen molar-refractivity contribution in [1.82, 2.24) is 10.6 Å². The Morgan fingerprint density at radius 3 is 1.40 bits per heavy atom. The van der Waals surface area contributed by atoms with Crippen LogP contribution in [0.25, 0.3) is 0 Å². The minimum atomic E-state index is -2.16. The van der Waals surface area contributed by atoms with Crippen molar-refractivity contribution in [2.75, 3.05) is 33.0 Å². The van der Waals surface area contributed by atoms with E-state index in [2.05, 4.69) is 10.6 Å². The molecule has 5 fully saturated rings. The third-order valence-corrected chi connectivity index (χ3v) is 11.1. The molecule has 17 N–H and O–H groups in total. The number of carbonyl (C=O) groups is 2. The Morgan fingerprint density at radius 1 is 0.419 bits per heavy atom. The monoisotopic (exact) mass is 910 g/mol. The SMILES string of the molecule is CC(=O)N[C@@H]1[C@@H](O[C@@H]2O[C@H](CO)[C@@H](O[C@@H]3O[C@H](CO[C@H]4O[C@H](CO)[C@@H](O)[C@H](O)[C@@H]4O)[C@@H](O)[C@H](O)[C@@H]3O[C@@H]3O[C@H](CO)[C@@H](O)[C@H](O)[C@@H]3O)[C@H](O)[C@H]2NC(C)=O)[C@H](O)[C@@H](CO)O[C@H]1O. The van der Waals surface area contributed by atoms with Crippen LogP contribution >= 0.6 is 0 Å². The number of amides is 2. The van der Waals surface area contributed by atoms with Gasteiger partial charge in [0.15, 0.2) is 31.5 Å². The van der Waals surface area contributed by atoms with Gasteiger partial charge in [-0.25, -0.2) is 0 Å². The van der Waals surface area contributed by atoms with E-state index in [1.165, 1.54) is 0 Å². The number of hydrogen-bond donors (Lipinski definition) is 17. The van der Waals surface area contributed by atoms with Crippen LogP contribution in [-0.2, 0) is 52.2 Å². The highest BCUT2D eigenvalue weighted by Gasteiger charge is 2.56. The van der Waals surface area contributed by atoms with Crippen LogP contribution in [0.15, 0.2) is 0 Å². The van der Waals surface area contributed by atoms with E-state index in [9.17, 15) is 86.2 Å². The standard InChI is InChI=1S/C34H58N2O26/c1-8(41)35-15-21(47)27(13(6-40)58-31(15)61-28-16(36-9(2)42)30(53)55-12(5-39)20(28)46)60-34-29(62-33-26(52)23(49)18(44)11(4-38)57-33)24(50)19(45)14(59-34)7-54-32-25(51)22(48)17(43)10(3-37)56-32/h10-34,37-40,43-53H,3-7H2,1-2H3,(H,35,41)(H,36,42)/t10-,11-,12-,13-,14-,15-,16-,17-,18-,19-,20-,21-,22+,23+,24+,25+,26+,27-,28-,29+,30-,31+,32+,33+,34+/m1/s1. The molecule has 5 aliphatic heterocycles. The van der Waals surface area contributed by atoms with Crippen LogP contribution in [0.1, 0.15) is 13.8 Å². The molecule has 0 aromatic carbocycles. The molecule has 5 saturated heterocycles. The molecular weight excluding hydrogens is 852 g/mol. The Labute approximate surface area is 351 Å². The van der Waals surface area contributed by atoms with Gasteiger partial charge in [0.05, 0.1) is 33.0 Å². The van der Waals surface area contributed by atoms with Gasteiger partial charge in [0, 0.05) is 13.8 Å². The zero-order chi connectivity index (χ0) is 45.9. The van der Waals surface area contributed by atoms with Crippen LogP contribution < -0.4 is 10.6 Å². The van der Waals surface area contributed by atoms with Gasteiger partial charge in [-0.05, 0) is 0 Å². The van der Waals surface area contributed by atoms with E-state index in [-0.39, 0.29) is 0 Å². The number of carbonyl (C=O) groups excluding carboxylic acids is 2. The molecule has 0 aliphatic carbocycles. The number of hydrogen-bond acceptors (Lipinski definition) is 26. The smallest absolute Gasteiger partial charge is 0.217 e. The molecule has 5 heterocycles. The fourth-order valence-electron chi connectivity index (χ4n) is 7.71. The molecule has 0 aromatic heterocycles. The summed E-state index contributed by atoms with van der Waals surface area (Å²) in [7, 11) is 0. The second-order valence-electron chi connectivity index (χ2n) is 15.5. The lowest BCUT2D eigenvalue weighted by atomic mass is 9.93. The average Bonchev–Trinajstić information content (AvgIpc) is 3.23. The summed E-state index contributed by atoms with van der Waals surface area (Å²) in [4.78, 5) is 24.5. The van der Waals surface area contributed by atoms with Gasteiger partial charge in [0.25, 0.3) is 0 Å². The number of nitrogens with one attached hydrogen (secondary N) is 2. The van der Waals surface area contributed by atoms with Crippen LogP contribution in [0.2, 0.25) is 0 Å².